The topological polar surface area (TPSA) is 133 Å². The Labute approximate surface area is 166 Å². The predicted octanol–water partition coefficient (Wildman–Crippen LogP) is 3.72. The number of benzene rings is 2. The van der Waals surface area contributed by atoms with E-state index in [1.54, 1.807) is 12.1 Å². The zero-order chi connectivity index (χ0) is 21.1. The van der Waals surface area contributed by atoms with Crippen LogP contribution >= 0.6 is 0 Å². The van der Waals surface area contributed by atoms with Crippen molar-refractivity contribution in [3.05, 3.63) is 78.9 Å². The average molecular weight is 400 g/mol. The maximum Gasteiger partial charge on any atom is 0.303 e. The highest BCUT2D eigenvalue weighted by molar-refractivity contribution is 5.66. The van der Waals surface area contributed by atoms with Gasteiger partial charge >= 0.3 is 5.97 Å². The van der Waals surface area contributed by atoms with Crippen molar-refractivity contribution < 1.29 is 24.5 Å². The van der Waals surface area contributed by atoms with E-state index in [0.29, 0.717) is 18.4 Å². The maximum atomic E-state index is 10.9. The predicted molar refractivity (Wildman–Crippen MR) is 102 cm³/mol. The Morgan fingerprint density at radius 2 is 1.48 bits per heavy atom. The summed E-state index contributed by atoms with van der Waals surface area (Å²) in [4.78, 5) is 31.1. The van der Waals surface area contributed by atoms with Crippen molar-refractivity contribution in [2.24, 2.45) is 0 Å². The first-order chi connectivity index (χ1) is 13.8. The Bertz CT molecular complexity index is 973. The molecule has 9 nitrogen and oxygen atoms in total. The summed E-state index contributed by atoms with van der Waals surface area (Å²) < 4.78 is 5.11. The van der Waals surface area contributed by atoms with Gasteiger partial charge in [0, 0.05) is 36.8 Å². The maximum absolute atomic E-state index is 10.9. The number of carbonyl (C=O) groups is 1. The van der Waals surface area contributed by atoms with Crippen molar-refractivity contribution in [3.63, 3.8) is 0 Å². The summed E-state index contributed by atoms with van der Waals surface area (Å²) in [5, 5.41) is 30.5. The molecule has 0 radical (unpaired) electrons. The van der Waals surface area contributed by atoms with Crippen molar-refractivity contribution in [2.45, 2.75) is 44.8 Å². The zero-order valence-electron chi connectivity index (χ0n) is 15.7. The van der Waals surface area contributed by atoms with Crippen LogP contribution in [-0.2, 0) is 22.4 Å². The van der Waals surface area contributed by atoms with Gasteiger partial charge in [-0.05, 0) is 42.4 Å². The molecule has 0 aliphatic heterocycles. The summed E-state index contributed by atoms with van der Waals surface area (Å²) in [5.41, 5.74) is 3.63. The van der Waals surface area contributed by atoms with Crippen molar-refractivity contribution in [1.82, 2.24) is 0 Å². The second kappa shape index (κ2) is 8.36. The van der Waals surface area contributed by atoms with Crippen LogP contribution < -0.4 is 0 Å². The molecule has 1 N–H and O–H groups in total. The van der Waals surface area contributed by atoms with E-state index in [2.05, 4.69) is 0 Å². The Hall–Kier alpha value is -3.33. The molecule has 0 amide bonds. The Morgan fingerprint density at radius 3 is 2.03 bits per heavy atom. The Kier molecular flexibility index (Phi) is 5.88. The smallest absolute Gasteiger partial charge is 0.303 e. The normalized spacial score (nSPS) is 18.8. The van der Waals surface area contributed by atoms with Gasteiger partial charge in [-0.1, -0.05) is 12.1 Å². The van der Waals surface area contributed by atoms with E-state index in [1.807, 2.05) is 0 Å². The fourth-order valence-corrected chi connectivity index (χ4v) is 3.67. The lowest BCUT2D eigenvalue weighted by Crippen LogP contribution is -2.05. The number of aliphatic hydroxyl groups is 1. The molecule has 4 rings (SSSR count). The molecule has 0 aromatic heterocycles. The number of carbonyl (C=O) groups excluding carboxylic acids is 1. The van der Waals surface area contributed by atoms with Gasteiger partial charge in [-0.3, -0.25) is 25.0 Å². The number of hydrogen-bond acceptors (Lipinski definition) is 7. The van der Waals surface area contributed by atoms with Gasteiger partial charge in [-0.25, -0.2) is 0 Å². The first-order valence-electron chi connectivity index (χ1n) is 9.16. The van der Waals surface area contributed by atoms with Gasteiger partial charge in [0.1, 0.15) is 6.10 Å². The quantitative estimate of drug-likeness (QED) is 0.471. The highest BCUT2D eigenvalue weighted by atomic mass is 16.6. The number of aryl methyl sites for hydroxylation is 2. The molecule has 2 aliphatic carbocycles. The van der Waals surface area contributed by atoms with Gasteiger partial charge < -0.3 is 9.84 Å². The molecule has 2 atom stereocenters. The molecule has 0 heterocycles. The number of hydrogen-bond donors (Lipinski definition) is 1. The lowest BCUT2D eigenvalue weighted by molar-refractivity contribution is -0.385. The number of nitrogens with zero attached hydrogens (tertiary/aromatic N) is 2. The first-order valence-corrected chi connectivity index (χ1v) is 9.16. The Balaban J connectivity index is 0.000000169. The van der Waals surface area contributed by atoms with Gasteiger partial charge in [0.25, 0.3) is 11.4 Å². The molecule has 2 aromatic rings. The summed E-state index contributed by atoms with van der Waals surface area (Å²) in [7, 11) is 0. The molecule has 0 bridgehead atoms. The van der Waals surface area contributed by atoms with Crippen molar-refractivity contribution in [3.8, 4) is 0 Å². The summed E-state index contributed by atoms with van der Waals surface area (Å²) in [6, 6.07) is 9.38. The molecule has 2 aromatic carbocycles. The largest absolute Gasteiger partial charge is 0.458 e. The lowest BCUT2D eigenvalue weighted by Gasteiger charge is -2.11. The van der Waals surface area contributed by atoms with Crippen molar-refractivity contribution in [2.75, 3.05) is 0 Å². The van der Waals surface area contributed by atoms with Gasteiger partial charge in [-0.2, -0.15) is 0 Å². The van der Waals surface area contributed by atoms with E-state index >= 15 is 0 Å². The molecule has 152 valence electrons. The third kappa shape index (κ3) is 4.57. The van der Waals surface area contributed by atoms with Crippen LogP contribution in [0.25, 0.3) is 0 Å². The number of non-ortho nitro benzene ring substituents is 2. The second-order valence-corrected chi connectivity index (χ2v) is 6.97. The van der Waals surface area contributed by atoms with Crippen LogP contribution in [-0.4, -0.2) is 20.9 Å². The highest BCUT2D eigenvalue weighted by Crippen LogP contribution is 2.36. The van der Waals surface area contributed by atoms with Gasteiger partial charge in [-0.15, -0.1) is 0 Å². The molecular weight excluding hydrogens is 380 g/mol. The summed E-state index contributed by atoms with van der Waals surface area (Å²) >= 11 is 0. The van der Waals surface area contributed by atoms with Crippen LogP contribution in [0.15, 0.2) is 36.4 Å². The van der Waals surface area contributed by atoms with E-state index in [0.717, 1.165) is 29.5 Å². The fourth-order valence-electron chi connectivity index (χ4n) is 3.67. The first kappa shape index (κ1) is 20.4. The highest BCUT2D eigenvalue weighted by Gasteiger charge is 2.27. The molecule has 29 heavy (non-hydrogen) atoms. The third-order valence-electron chi connectivity index (χ3n) is 5.06. The summed E-state index contributed by atoms with van der Waals surface area (Å²) in [5.74, 6) is -0.357. The van der Waals surface area contributed by atoms with Crippen LogP contribution in [0.4, 0.5) is 11.4 Å². The number of esters is 1. The number of nitro groups is 2. The molecule has 9 heteroatoms. The van der Waals surface area contributed by atoms with E-state index in [-0.39, 0.29) is 23.4 Å². The lowest BCUT2D eigenvalue weighted by atomic mass is 10.1. The number of aliphatic hydroxyl groups excluding tert-OH is 1. The molecule has 0 fully saturated rings. The van der Waals surface area contributed by atoms with Gasteiger partial charge in [0.05, 0.1) is 16.0 Å². The number of ether oxygens (including phenoxy) is 1. The molecule has 0 spiro atoms. The molecule has 0 saturated carbocycles. The third-order valence-corrected chi connectivity index (χ3v) is 5.06. The number of rotatable bonds is 3. The van der Waals surface area contributed by atoms with Crippen LogP contribution in [0.1, 0.15) is 54.2 Å². The van der Waals surface area contributed by atoms with Gasteiger partial charge in [0.2, 0.25) is 0 Å². The van der Waals surface area contributed by atoms with E-state index < -0.39 is 16.0 Å². The Morgan fingerprint density at radius 1 is 0.966 bits per heavy atom. The molecule has 0 saturated heterocycles. The van der Waals surface area contributed by atoms with Crippen molar-refractivity contribution in [1.29, 1.82) is 0 Å². The van der Waals surface area contributed by atoms with Crippen LogP contribution in [0.2, 0.25) is 0 Å². The van der Waals surface area contributed by atoms with E-state index in [1.165, 1.54) is 31.2 Å². The SMILES string of the molecule is CC(=O)OC1CCc2ccc([N+](=O)[O-])cc21.O=[N+]([O-])c1ccc2c(c1)C(O)CC2. The van der Waals surface area contributed by atoms with E-state index in [4.69, 9.17) is 4.74 Å². The zero-order valence-corrected chi connectivity index (χ0v) is 15.7. The van der Waals surface area contributed by atoms with Crippen LogP contribution in [0, 0.1) is 20.2 Å². The van der Waals surface area contributed by atoms with Crippen LogP contribution in [0.5, 0.6) is 0 Å². The summed E-state index contributed by atoms with van der Waals surface area (Å²) in [6.07, 6.45) is 2.15. The average Bonchev–Trinajstić information content (AvgIpc) is 3.25. The number of fused-ring (bicyclic) bond motifs is 2. The minimum absolute atomic E-state index is 0.0396. The van der Waals surface area contributed by atoms with Gasteiger partial charge in [0.15, 0.2) is 0 Å². The second-order valence-electron chi connectivity index (χ2n) is 6.97. The monoisotopic (exact) mass is 400 g/mol. The minimum Gasteiger partial charge on any atom is -0.458 e. The standard InChI is InChI=1S/C11H11NO4.C9H9NO3/c1-7(13)16-11-5-3-8-2-4-9(12(14)15)6-10(8)11;11-9-4-2-6-1-3-7(10(12)13)5-8(6)9/h2,4,6,11H,3,5H2,1H3;1,3,5,9,11H,2,4H2. The van der Waals surface area contributed by atoms with Crippen molar-refractivity contribution >= 4 is 17.3 Å². The van der Waals surface area contributed by atoms with E-state index in [9.17, 15) is 30.1 Å². The molecule has 2 aliphatic rings. The fraction of sp³-hybridized carbons (Fsp3) is 0.350. The molecule has 2 unspecified atom stereocenters. The van der Waals surface area contributed by atoms with Crippen LogP contribution in [0.3, 0.4) is 0 Å². The minimum atomic E-state index is -0.519. The molecular formula is C20H20N2O7. The summed E-state index contributed by atoms with van der Waals surface area (Å²) in [6.45, 7) is 1.34. The number of nitro benzene ring substituents is 2.